The van der Waals surface area contributed by atoms with Crippen LogP contribution in [-0.4, -0.2) is 16.8 Å². The van der Waals surface area contributed by atoms with Gasteiger partial charge in [-0.3, -0.25) is 9.79 Å². The first-order valence-corrected chi connectivity index (χ1v) is 5.61. The summed E-state index contributed by atoms with van der Waals surface area (Å²) in [4.78, 5) is 15.3. The lowest BCUT2D eigenvalue weighted by Crippen LogP contribution is -2.31. The van der Waals surface area contributed by atoms with Crippen LogP contribution in [-0.2, 0) is 4.79 Å². The van der Waals surface area contributed by atoms with E-state index in [1.54, 1.807) is 0 Å². The van der Waals surface area contributed by atoms with Gasteiger partial charge in [-0.25, -0.2) is 0 Å². The minimum atomic E-state index is -0.754. The summed E-state index contributed by atoms with van der Waals surface area (Å²) in [6, 6.07) is 7.52. The van der Waals surface area contributed by atoms with E-state index < -0.39 is 5.91 Å². The second kappa shape index (κ2) is 4.52. The van der Waals surface area contributed by atoms with E-state index in [1.807, 2.05) is 31.2 Å². The Morgan fingerprint density at radius 1 is 1.39 bits per heavy atom. The highest BCUT2D eigenvalue weighted by Gasteiger charge is 2.26. The van der Waals surface area contributed by atoms with E-state index in [9.17, 15) is 9.90 Å². The molecule has 1 unspecified atom stereocenters. The van der Waals surface area contributed by atoms with Crippen molar-refractivity contribution in [3.63, 3.8) is 0 Å². The van der Waals surface area contributed by atoms with Gasteiger partial charge in [0, 0.05) is 6.42 Å². The molecule has 5 nitrogen and oxygen atoms in total. The topological polar surface area (TPSA) is 102 Å². The molecule has 0 aromatic heterocycles. The standard InChI is InChI=1S/C13H15N3O2/c1-7-2-4-8(5-3-7)9-6-10(17)11(13(15)18)12(14)16-9/h2-5,9,17H,6H2,1H3,(H2,14,16)(H2,15,18). The monoisotopic (exact) mass is 245 g/mol. The predicted octanol–water partition coefficient (Wildman–Crippen LogP) is 1.09. The van der Waals surface area contributed by atoms with E-state index in [0.717, 1.165) is 11.1 Å². The molecule has 1 amide bonds. The molecule has 18 heavy (non-hydrogen) atoms. The maximum absolute atomic E-state index is 11.1. The quantitative estimate of drug-likeness (QED) is 0.726. The van der Waals surface area contributed by atoms with Crippen molar-refractivity contribution in [3.05, 3.63) is 46.7 Å². The van der Waals surface area contributed by atoms with E-state index >= 15 is 0 Å². The van der Waals surface area contributed by atoms with Crippen molar-refractivity contribution in [2.24, 2.45) is 16.5 Å². The van der Waals surface area contributed by atoms with Gasteiger partial charge in [0.25, 0.3) is 5.91 Å². The summed E-state index contributed by atoms with van der Waals surface area (Å²) in [5.74, 6) is -0.853. The molecule has 1 heterocycles. The number of amidine groups is 1. The Kier molecular flexibility index (Phi) is 3.06. The van der Waals surface area contributed by atoms with Crippen LogP contribution in [0.15, 0.2) is 40.6 Å². The Balaban J connectivity index is 2.32. The van der Waals surface area contributed by atoms with Gasteiger partial charge >= 0.3 is 0 Å². The smallest absolute Gasteiger partial charge is 0.255 e. The van der Waals surface area contributed by atoms with Crippen LogP contribution in [0.25, 0.3) is 0 Å². The maximum atomic E-state index is 11.1. The van der Waals surface area contributed by atoms with Crippen molar-refractivity contribution in [1.82, 2.24) is 0 Å². The molecule has 1 atom stereocenters. The summed E-state index contributed by atoms with van der Waals surface area (Å²) in [6.45, 7) is 1.99. The number of dihydropyridines is 1. The Morgan fingerprint density at radius 3 is 2.50 bits per heavy atom. The number of carbonyl (C=O) groups excluding carboxylic acids is 1. The fourth-order valence-electron chi connectivity index (χ4n) is 1.96. The third-order valence-electron chi connectivity index (χ3n) is 2.93. The number of primary amides is 1. The summed E-state index contributed by atoms with van der Waals surface area (Å²) in [5.41, 5.74) is 12.8. The highest BCUT2D eigenvalue weighted by Crippen LogP contribution is 2.29. The zero-order valence-corrected chi connectivity index (χ0v) is 10.1. The summed E-state index contributed by atoms with van der Waals surface area (Å²) in [5, 5.41) is 9.81. The molecule has 5 N–H and O–H groups in total. The fourth-order valence-corrected chi connectivity index (χ4v) is 1.96. The van der Waals surface area contributed by atoms with E-state index in [4.69, 9.17) is 11.5 Å². The number of hydrogen-bond donors (Lipinski definition) is 3. The average molecular weight is 245 g/mol. The molecule has 0 saturated heterocycles. The molecule has 1 aromatic rings. The van der Waals surface area contributed by atoms with Gasteiger partial charge in [-0.1, -0.05) is 29.8 Å². The lowest BCUT2D eigenvalue weighted by Gasteiger charge is -2.20. The largest absolute Gasteiger partial charge is 0.511 e. The molecule has 1 aliphatic rings. The van der Waals surface area contributed by atoms with E-state index in [0.29, 0.717) is 0 Å². The highest BCUT2D eigenvalue weighted by molar-refractivity contribution is 6.20. The van der Waals surface area contributed by atoms with E-state index in [-0.39, 0.29) is 29.6 Å². The summed E-state index contributed by atoms with van der Waals surface area (Å²) in [6.07, 6.45) is 0.238. The Labute approximate surface area is 105 Å². The number of aryl methyl sites for hydroxylation is 1. The summed E-state index contributed by atoms with van der Waals surface area (Å²) >= 11 is 0. The van der Waals surface area contributed by atoms with Crippen molar-refractivity contribution in [3.8, 4) is 0 Å². The SMILES string of the molecule is Cc1ccc(C2CC(O)=C(C(N)=O)C(N)=N2)cc1. The van der Waals surface area contributed by atoms with E-state index in [1.165, 1.54) is 0 Å². The zero-order valence-electron chi connectivity index (χ0n) is 10.1. The minimum absolute atomic E-state index is 0.00294. The van der Waals surface area contributed by atoms with Crippen molar-refractivity contribution in [1.29, 1.82) is 0 Å². The first-order valence-electron chi connectivity index (χ1n) is 5.61. The van der Waals surface area contributed by atoms with Crippen molar-refractivity contribution >= 4 is 11.7 Å². The maximum Gasteiger partial charge on any atom is 0.255 e. The van der Waals surface area contributed by atoms with Crippen molar-refractivity contribution < 1.29 is 9.90 Å². The van der Waals surface area contributed by atoms with Crippen LogP contribution in [0.5, 0.6) is 0 Å². The second-order valence-corrected chi connectivity index (χ2v) is 4.33. The predicted molar refractivity (Wildman–Crippen MR) is 69.0 cm³/mol. The number of amides is 1. The molecular formula is C13H15N3O2. The Hall–Kier alpha value is -2.30. The number of nitrogens with zero attached hydrogens (tertiary/aromatic N) is 1. The van der Waals surface area contributed by atoms with Gasteiger partial charge in [0.15, 0.2) is 0 Å². The van der Waals surface area contributed by atoms with Crippen LogP contribution in [0.2, 0.25) is 0 Å². The molecule has 0 radical (unpaired) electrons. The number of hydrogen-bond acceptors (Lipinski definition) is 4. The number of benzene rings is 1. The van der Waals surface area contributed by atoms with Gasteiger partial charge in [-0.05, 0) is 12.5 Å². The molecule has 0 aliphatic carbocycles. The van der Waals surface area contributed by atoms with Gasteiger partial charge in [0.2, 0.25) is 0 Å². The van der Waals surface area contributed by atoms with Crippen LogP contribution in [0.4, 0.5) is 0 Å². The highest BCUT2D eigenvalue weighted by atomic mass is 16.3. The van der Waals surface area contributed by atoms with Crippen LogP contribution >= 0.6 is 0 Å². The molecule has 2 rings (SSSR count). The number of aliphatic hydroxyl groups excluding tert-OH is 1. The number of aliphatic imine (C=N–C) groups is 1. The minimum Gasteiger partial charge on any atom is -0.511 e. The molecule has 94 valence electrons. The molecule has 0 bridgehead atoms. The van der Waals surface area contributed by atoms with Crippen LogP contribution in [0, 0.1) is 6.92 Å². The van der Waals surface area contributed by atoms with Gasteiger partial charge < -0.3 is 16.6 Å². The Morgan fingerprint density at radius 2 is 2.00 bits per heavy atom. The van der Waals surface area contributed by atoms with Gasteiger partial charge in [0.1, 0.15) is 17.2 Å². The normalized spacial score (nSPS) is 19.6. The molecule has 0 saturated carbocycles. The second-order valence-electron chi connectivity index (χ2n) is 4.33. The van der Waals surface area contributed by atoms with Crippen LogP contribution < -0.4 is 11.5 Å². The third-order valence-corrected chi connectivity index (χ3v) is 2.93. The van der Waals surface area contributed by atoms with Crippen molar-refractivity contribution in [2.45, 2.75) is 19.4 Å². The lowest BCUT2D eigenvalue weighted by atomic mass is 9.97. The van der Waals surface area contributed by atoms with Crippen molar-refractivity contribution in [2.75, 3.05) is 0 Å². The molecule has 0 fully saturated rings. The molecule has 1 aromatic carbocycles. The molecule has 0 spiro atoms. The number of carbonyl (C=O) groups is 1. The number of aliphatic hydroxyl groups is 1. The van der Waals surface area contributed by atoms with Gasteiger partial charge in [-0.15, -0.1) is 0 Å². The number of nitrogens with two attached hydrogens (primary N) is 2. The van der Waals surface area contributed by atoms with Crippen LogP contribution in [0.1, 0.15) is 23.6 Å². The van der Waals surface area contributed by atoms with E-state index in [2.05, 4.69) is 4.99 Å². The van der Waals surface area contributed by atoms with Gasteiger partial charge in [-0.2, -0.15) is 0 Å². The first-order chi connectivity index (χ1) is 8.49. The molecule has 1 aliphatic heterocycles. The molecule has 5 heteroatoms. The number of rotatable bonds is 2. The zero-order chi connectivity index (χ0) is 13.3. The van der Waals surface area contributed by atoms with Gasteiger partial charge in [0.05, 0.1) is 6.04 Å². The lowest BCUT2D eigenvalue weighted by molar-refractivity contribution is -0.114. The summed E-state index contributed by atoms with van der Waals surface area (Å²) < 4.78 is 0. The fraction of sp³-hybridized carbons (Fsp3) is 0.231. The van der Waals surface area contributed by atoms with Crippen LogP contribution in [0.3, 0.4) is 0 Å². The summed E-state index contributed by atoms with van der Waals surface area (Å²) in [7, 11) is 0. The Bertz CT molecular complexity index is 544. The third kappa shape index (κ3) is 2.20. The average Bonchev–Trinajstić information content (AvgIpc) is 2.28. The first kappa shape index (κ1) is 12.2. The molecular weight excluding hydrogens is 230 g/mol.